The topological polar surface area (TPSA) is 104 Å². The first-order valence-corrected chi connectivity index (χ1v) is 6.78. The van der Waals surface area contributed by atoms with Gasteiger partial charge in [-0.25, -0.2) is 9.97 Å². The molecule has 5 nitrogen and oxygen atoms in total. The lowest BCUT2D eigenvalue weighted by atomic mass is 10.0. The van der Waals surface area contributed by atoms with E-state index in [1.165, 1.54) is 0 Å². The highest BCUT2D eigenvalue weighted by atomic mass is 35.5. The molecule has 0 saturated heterocycles. The van der Waals surface area contributed by atoms with Gasteiger partial charge in [-0.15, -0.1) is 0 Å². The van der Waals surface area contributed by atoms with Crippen LogP contribution >= 0.6 is 11.6 Å². The Bertz CT molecular complexity index is 832. The van der Waals surface area contributed by atoms with Crippen LogP contribution in [0.5, 0.6) is 0 Å². The summed E-state index contributed by atoms with van der Waals surface area (Å²) < 4.78 is 0. The zero-order valence-corrected chi connectivity index (χ0v) is 11.9. The summed E-state index contributed by atoms with van der Waals surface area (Å²) in [5, 5.41) is 1.44. The highest BCUT2D eigenvalue weighted by Crippen LogP contribution is 2.30. The Morgan fingerprint density at radius 2 is 1.81 bits per heavy atom. The Labute approximate surface area is 126 Å². The lowest BCUT2D eigenvalue weighted by Gasteiger charge is -2.10. The number of nitrogen functional groups attached to an aromatic ring is 2. The number of hydrogen-bond donors (Lipinski definition) is 3. The van der Waals surface area contributed by atoms with Crippen LogP contribution < -0.4 is 17.2 Å². The minimum absolute atomic E-state index is 0.210. The minimum Gasteiger partial charge on any atom is -0.398 e. The summed E-state index contributed by atoms with van der Waals surface area (Å²) in [6.45, 7) is 0.393. The van der Waals surface area contributed by atoms with Gasteiger partial charge in [-0.1, -0.05) is 23.7 Å². The monoisotopic (exact) mass is 299 g/mol. The molecule has 1 aromatic heterocycles. The van der Waals surface area contributed by atoms with Gasteiger partial charge < -0.3 is 17.2 Å². The van der Waals surface area contributed by atoms with Crippen LogP contribution in [-0.2, 0) is 6.54 Å². The van der Waals surface area contributed by atoms with Crippen LogP contribution in [0.15, 0.2) is 36.4 Å². The summed E-state index contributed by atoms with van der Waals surface area (Å²) in [6.07, 6.45) is 0. The number of halogens is 1. The van der Waals surface area contributed by atoms with E-state index >= 15 is 0 Å². The number of hydrogen-bond acceptors (Lipinski definition) is 5. The largest absolute Gasteiger partial charge is 0.398 e. The molecule has 21 heavy (non-hydrogen) atoms. The van der Waals surface area contributed by atoms with Gasteiger partial charge in [0.2, 0.25) is 5.95 Å². The highest BCUT2D eigenvalue weighted by Gasteiger charge is 2.10. The SMILES string of the molecule is NCc1ccc(-c2nc(N)nc3ccc(Cl)cc23)cc1N. The van der Waals surface area contributed by atoms with Gasteiger partial charge in [0.15, 0.2) is 0 Å². The molecular formula is C15H14ClN5. The van der Waals surface area contributed by atoms with Crippen LogP contribution in [0.3, 0.4) is 0 Å². The molecule has 0 atom stereocenters. The average molecular weight is 300 g/mol. The van der Waals surface area contributed by atoms with E-state index in [0.717, 1.165) is 22.0 Å². The van der Waals surface area contributed by atoms with Crippen molar-refractivity contribution >= 4 is 34.1 Å². The number of benzene rings is 2. The third-order valence-electron chi connectivity index (χ3n) is 3.31. The van der Waals surface area contributed by atoms with Gasteiger partial charge in [0.05, 0.1) is 11.2 Å². The van der Waals surface area contributed by atoms with Gasteiger partial charge in [-0.3, -0.25) is 0 Å². The number of nitrogens with two attached hydrogens (primary N) is 3. The van der Waals surface area contributed by atoms with E-state index in [9.17, 15) is 0 Å². The third-order valence-corrected chi connectivity index (χ3v) is 3.55. The number of rotatable bonds is 2. The molecule has 0 bridgehead atoms. The summed E-state index contributed by atoms with van der Waals surface area (Å²) in [4.78, 5) is 8.55. The molecule has 106 valence electrons. The molecule has 0 saturated carbocycles. The first kappa shape index (κ1) is 13.6. The molecule has 0 fully saturated rings. The van der Waals surface area contributed by atoms with Crippen molar-refractivity contribution in [2.24, 2.45) is 5.73 Å². The summed E-state index contributed by atoms with van der Waals surface area (Å²) in [6, 6.07) is 11.0. The zero-order chi connectivity index (χ0) is 15.0. The number of anilines is 2. The first-order valence-electron chi connectivity index (χ1n) is 6.40. The first-order chi connectivity index (χ1) is 10.1. The fourth-order valence-electron chi connectivity index (χ4n) is 2.27. The second-order valence-corrected chi connectivity index (χ2v) is 5.15. The lowest BCUT2D eigenvalue weighted by Crippen LogP contribution is -2.02. The zero-order valence-electron chi connectivity index (χ0n) is 11.2. The maximum atomic E-state index is 6.07. The number of aromatic nitrogens is 2. The molecule has 0 aliphatic rings. The maximum absolute atomic E-state index is 6.07. The fourth-order valence-corrected chi connectivity index (χ4v) is 2.44. The predicted octanol–water partition coefficient (Wildman–Crippen LogP) is 2.57. The second kappa shape index (κ2) is 5.20. The molecule has 0 unspecified atom stereocenters. The Hall–Kier alpha value is -2.37. The van der Waals surface area contributed by atoms with Gasteiger partial charge in [0.25, 0.3) is 0 Å². The molecule has 0 aliphatic heterocycles. The van der Waals surface area contributed by atoms with E-state index in [4.69, 9.17) is 28.8 Å². The van der Waals surface area contributed by atoms with Gasteiger partial charge in [-0.05, 0) is 29.8 Å². The molecule has 3 aromatic rings. The second-order valence-electron chi connectivity index (χ2n) is 4.71. The summed E-state index contributed by atoms with van der Waals surface area (Å²) in [7, 11) is 0. The Balaban J connectivity index is 2.28. The quantitative estimate of drug-likeness (QED) is 0.631. The van der Waals surface area contributed by atoms with Crippen molar-refractivity contribution in [2.75, 3.05) is 11.5 Å². The van der Waals surface area contributed by atoms with Gasteiger partial charge in [-0.2, -0.15) is 0 Å². The summed E-state index contributed by atoms with van der Waals surface area (Å²) in [5.41, 5.74) is 21.2. The summed E-state index contributed by atoms with van der Waals surface area (Å²) >= 11 is 6.07. The van der Waals surface area contributed by atoms with E-state index < -0.39 is 0 Å². The van der Waals surface area contributed by atoms with Crippen LogP contribution in [0.1, 0.15) is 5.56 Å². The maximum Gasteiger partial charge on any atom is 0.221 e. The van der Waals surface area contributed by atoms with E-state index in [1.807, 2.05) is 30.3 Å². The van der Waals surface area contributed by atoms with E-state index in [2.05, 4.69) is 9.97 Å². The van der Waals surface area contributed by atoms with Crippen molar-refractivity contribution in [2.45, 2.75) is 6.54 Å². The van der Waals surface area contributed by atoms with Crippen LogP contribution in [0.25, 0.3) is 22.2 Å². The molecule has 2 aromatic carbocycles. The Kier molecular flexibility index (Phi) is 3.37. The molecule has 3 rings (SSSR count). The van der Waals surface area contributed by atoms with Crippen molar-refractivity contribution in [3.63, 3.8) is 0 Å². The molecular weight excluding hydrogens is 286 g/mol. The minimum atomic E-state index is 0.210. The van der Waals surface area contributed by atoms with Crippen molar-refractivity contribution in [1.82, 2.24) is 9.97 Å². The molecule has 0 spiro atoms. The molecule has 0 radical (unpaired) electrons. The smallest absolute Gasteiger partial charge is 0.221 e. The van der Waals surface area contributed by atoms with Crippen molar-refractivity contribution < 1.29 is 0 Å². The Morgan fingerprint density at radius 3 is 2.52 bits per heavy atom. The molecule has 1 heterocycles. The van der Waals surface area contributed by atoms with Gasteiger partial charge >= 0.3 is 0 Å². The number of fused-ring (bicyclic) bond motifs is 1. The predicted molar refractivity (Wildman–Crippen MR) is 86.7 cm³/mol. The van der Waals surface area contributed by atoms with Crippen molar-refractivity contribution in [3.05, 3.63) is 47.0 Å². The molecule has 6 N–H and O–H groups in total. The summed E-state index contributed by atoms with van der Waals surface area (Å²) in [5.74, 6) is 0.210. The average Bonchev–Trinajstić information content (AvgIpc) is 2.47. The standard InChI is InChI=1S/C15H14ClN5/c16-10-3-4-13-11(6-10)14(21-15(19)20-13)8-1-2-9(7-17)12(18)5-8/h1-6H,7,17-18H2,(H2,19,20,21). The van der Waals surface area contributed by atoms with Crippen LogP contribution in [0.2, 0.25) is 5.02 Å². The van der Waals surface area contributed by atoms with Gasteiger partial charge in [0, 0.05) is 28.2 Å². The fraction of sp³-hybridized carbons (Fsp3) is 0.0667. The molecule has 0 aliphatic carbocycles. The van der Waals surface area contributed by atoms with Crippen molar-refractivity contribution in [3.8, 4) is 11.3 Å². The number of nitrogens with zero attached hydrogens (tertiary/aromatic N) is 2. The molecule has 6 heteroatoms. The van der Waals surface area contributed by atoms with E-state index in [0.29, 0.717) is 22.9 Å². The van der Waals surface area contributed by atoms with Gasteiger partial charge in [0.1, 0.15) is 0 Å². The third kappa shape index (κ3) is 2.49. The lowest BCUT2D eigenvalue weighted by molar-refractivity contribution is 1.08. The van der Waals surface area contributed by atoms with Crippen LogP contribution in [-0.4, -0.2) is 9.97 Å². The normalized spacial score (nSPS) is 11.0. The molecule has 0 amide bonds. The highest BCUT2D eigenvalue weighted by molar-refractivity contribution is 6.31. The van der Waals surface area contributed by atoms with E-state index in [1.54, 1.807) is 6.07 Å². The van der Waals surface area contributed by atoms with Crippen molar-refractivity contribution in [1.29, 1.82) is 0 Å². The van der Waals surface area contributed by atoms with Crippen LogP contribution in [0, 0.1) is 0 Å². The Morgan fingerprint density at radius 1 is 1.00 bits per heavy atom. The van der Waals surface area contributed by atoms with Crippen LogP contribution in [0.4, 0.5) is 11.6 Å². The van der Waals surface area contributed by atoms with E-state index in [-0.39, 0.29) is 5.95 Å².